The van der Waals surface area contributed by atoms with Crippen LogP contribution in [0, 0.1) is 6.92 Å². The third-order valence-electron chi connectivity index (χ3n) is 3.54. The van der Waals surface area contributed by atoms with Gasteiger partial charge in [-0.3, -0.25) is 0 Å². The lowest BCUT2D eigenvalue weighted by Crippen LogP contribution is -2.30. The molecule has 124 valence electrons. The summed E-state index contributed by atoms with van der Waals surface area (Å²) in [4.78, 5) is 11.9. The summed E-state index contributed by atoms with van der Waals surface area (Å²) in [6.45, 7) is 5.64. The van der Waals surface area contributed by atoms with Crippen LogP contribution < -0.4 is 14.8 Å². The smallest absolute Gasteiger partial charge is 0.247 e. The molecule has 0 aliphatic carbocycles. The minimum atomic E-state index is -3.65. The second-order valence-corrected chi connectivity index (χ2v) is 8.20. The molecule has 0 fully saturated rings. The maximum Gasteiger partial charge on any atom is 0.247 e. The van der Waals surface area contributed by atoms with E-state index >= 15 is 0 Å². The monoisotopic (exact) mass is 354 g/mol. The Balaban J connectivity index is 1.88. The number of hydrogen-bond acceptors (Lipinski definition) is 7. The molecule has 0 spiro atoms. The van der Waals surface area contributed by atoms with Crippen LogP contribution in [0.25, 0.3) is 0 Å². The number of sulfonamides is 1. The zero-order valence-electron chi connectivity index (χ0n) is 12.9. The fourth-order valence-electron chi connectivity index (χ4n) is 2.55. The summed E-state index contributed by atoms with van der Waals surface area (Å²) in [5.41, 5.74) is 0.986. The van der Waals surface area contributed by atoms with Gasteiger partial charge in [0.15, 0.2) is 0 Å². The van der Waals surface area contributed by atoms with Gasteiger partial charge in [-0.05, 0) is 31.9 Å². The van der Waals surface area contributed by atoms with Gasteiger partial charge in [-0.1, -0.05) is 0 Å². The highest BCUT2D eigenvalue weighted by Crippen LogP contribution is 2.32. The Labute approximate surface area is 139 Å². The zero-order chi connectivity index (χ0) is 16.6. The standard InChI is InChI=1S/C14H18N4O3S2/c1-3-21-13-7-12(16-9(2)17-13)18-5-4-11-10(8-18)6-14(22-11)23(15,19)20/h6-7H,3-5,8H2,1-2H3,(H2,15,19,20). The zero-order valence-corrected chi connectivity index (χ0v) is 14.6. The van der Waals surface area contributed by atoms with Gasteiger partial charge in [0.2, 0.25) is 15.9 Å². The highest BCUT2D eigenvalue weighted by atomic mass is 32.2. The van der Waals surface area contributed by atoms with Gasteiger partial charge in [-0.15, -0.1) is 11.3 Å². The van der Waals surface area contributed by atoms with E-state index < -0.39 is 10.0 Å². The molecule has 2 aromatic heterocycles. The average Bonchev–Trinajstić information content (AvgIpc) is 2.90. The van der Waals surface area contributed by atoms with Crippen molar-refractivity contribution in [2.75, 3.05) is 18.1 Å². The van der Waals surface area contributed by atoms with Crippen LogP contribution >= 0.6 is 11.3 Å². The highest BCUT2D eigenvalue weighted by Gasteiger charge is 2.24. The first-order chi connectivity index (χ1) is 10.9. The third kappa shape index (κ3) is 3.46. The van der Waals surface area contributed by atoms with Crippen molar-refractivity contribution in [3.05, 3.63) is 28.4 Å². The molecule has 0 saturated heterocycles. The van der Waals surface area contributed by atoms with Crippen LogP contribution in [0.4, 0.5) is 5.82 Å². The summed E-state index contributed by atoms with van der Waals surface area (Å²) in [5.74, 6) is 1.98. The van der Waals surface area contributed by atoms with E-state index in [1.807, 2.05) is 19.9 Å². The van der Waals surface area contributed by atoms with Gasteiger partial charge in [0.05, 0.1) is 6.61 Å². The second kappa shape index (κ2) is 6.06. The van der Waals surface area contributed by atoms with Gasteiger partial charge in [0, 0.05) is 24.0 Å². The van der Waals surface area contributed by atoms with E-state index in [9.17, 15) is 8.42 Å². The number of nitrogens with two attached hydrogens (primary N) is 1. The average molecular weight is 354 g/mol. The molecule has 1 aliphatic rings. The molecule has 9 heteroatoms. The molecule has 23 heavy (non-hydrogen) atoms. The van der Waals surface area contributed by atoms with Crippen LogP contribution in [-0.2, 0) is 23.0 Å². The lowest BCUT2D eigenvalue weighted by atomic mass is 10.1. The second-order valence-electron chi connectivity index (χ2n) is 5.28. The maximum absolute atomic E-state index is 11.5. The number of ether oxygens (including phenoxy) is 1. The van der Waals surface area contributed by atoms with E-state index in [0.29, 0.717) is 24.9 Å². The summed E-state index contributed by atoms with van der Waals surface area (Å²) in [5, 5.41) is 5.22. The molecule has 0 amide bonds. The van der Waals surface area contributed by atoms with Crippen molar-refractivity contribution >= 4 is 27.2 Å². The van der Waals surface area contributed by atoms with Gasteiger partial charge in [-0.2, -0.15) is 4.98 Å². The predicted molar refractivity (Wildman–Crippen MR) is 88.4 cm³/mol. The van der Waals surface area contributed by atoms with Crippen molar-refractivity contribution in [1.82, 2.24) is 9.97 Å². The van der Waals surface area contributed by atoms with Crippen molar-refractivity contribution in [3.63, 3.8) is 0 Å². The summed E-state index contributed by atoms with van der Waals surface area (Å²) in [6.07, 6.45) is 0.766. The van der Waals surface area contributed by atoms with Crippen molar-refractivity contribution in [2.45, 2.75) is 31.0 Å². The number of primary sulfonamides is 1. The third-order valence-corrected chi connectivity index (χ3v) is 6.20. The van der Waals surface area contributed by atoms with E-state index in [4.69, 9.17) is 9.88 Å². The number of hydrogen-bond donors (Lipinski definition) is 1. The fourth-order valence-corrected chi connectivity index (χ4v) is 4.52. The van der Waals surface area contributed by atoms with E-state index in [2.05, 4.69) is 14.9 Å². The van der Waals surface area contributed by atoms with E-state index in [0.717, 1.165) is 29.2 Å². The quantitative estimate of drug-likeness (QED) is 0.892. The Morgan fingerprint density at radius 3 is 2.87 bits per heavy atom. The molecule has 2 N–H and O–H groups in total. The van der Waals surface area contributed by atoms with Crippen LogP contribution in [0.2, 0.25) is 0 Å². The molecule has 0 unspecified atom stereocenters. The summed E-state index contributed by atoms with van der Waals surface area (Å²) in [7, 11) is -3.65. The number of anilines is 1. The first-order valence-electron chi connectivity index (χ1n) is 7.24. The molecule has 0 bridgehead atoms. The lowest BCUT2D eigenvalue weighted by molar-refractivity contribution is 0.325. The number of nitrogens with zero attached hydrogens (tertiary/aromatic N) is 3. The molecular weight excluding hydrogens is 336 g/mol. The summed E-state index contributed by atoms with van der Waals surface area (Å²) in [6, 6.07) is 3.48. The Bertz CT molecular complexity index is 833. The number of rotatable bonds is 4. The minimum Gasteiger partial charge on any atom is -0.478 e. The molecule has 0 saturated carbocycles. The van der Waals surface area contributed by atoms with Gasteiger partial charge in [0.1, 0.15) is 15.9 Å². The molecule has 1 aliphatic heterocycles. The first-order valence-corrected chi connectivity index (χ1v) is 9.61. The van der Waals surface area contributed by atoms with Gasteiger partial charge in [-0.25, -0.2) is 18.5 Å². The predicted octanol–water partition coefficient (Wildman–Crippen LogP) is 1.46. The van der Waals surface area contributed by atoms with Gasteiger partial charge < -0.3 is 9.64 Å². The normalized spacial score (nSPS) is 14.7. The van der Waals surface area contributed by atoms with Crippen LogP contribution in [0.15, 0.2) is 16.3 Å². The molecule has 0 atom stereocenters. The Morgan fingerprint density at radius 2 is 2.17 bits per heavy atom. The van der Waals surface area contributed by atoms with Crippen molar-refractivity contribution in [1.29, 1.82) is 0 Å². The Morgan fingerprint density at radius 1 is 1.39 bits per heavy atom. The van der Waals surface area contributed by atoms with Gasteiger partial charge in [0.25, 0.3) is 0 Å². The largest absolute Gasteiger partial charge is 0.478 e. The van der Waals surface area contributed by atoms with Crippen LogP contribution in [-0.4, -0.2) is 31.5 Å². The molecule has 0 radical (unpaired) electrons. The van der Waals surface area contributed by atoms with Crippen LogP contribution in [0.1, 0.15) is 23.2 Å². The Hall–Kier alpha value is -1.71. The minimum absolute atomic E-state index is 0.221. The summed E-state index contributed by atoms with van der Waals surface area (Å²) >= 11 is 1.26. The number of fused-ring (bicyclic) bond motifs is 1. The van der Waals surface area contributed by atoms with Crippen molar-refractivity contribution in [2.24, 2.45) is 5.14 Å². The SMILES string of the molecule is CCOc1cc(N2CCc3sc(S(N)(=O)=O)cc3C2)nc(C)n1. The topological polar surface area (TPSA) is 98.4 Å². The maximum atomic E-state index is 11.5. The number of thiophene rings is 1. The van der Waals surface area contributed by atoms with E-state index in [-0.39, 0.29) is 4.21 Å². The highest BCUT2D eigenvalue weighted by molar-refractivity contribution is 7.91. The van der Waals surface area contributed by atoms with Gasteiger partial charge >= 0.3 is 0 Å². The fraction of sp³-hybridized carbons (Fsp3) is 0.429. The summed E-state index contributed by atoms with van der Waals surface area (Å²) < 4.78 is 28.7. The molecular formula is C14H18N4O3S2. The van der Waals surface area contributed by atoms with Crippen molar-refractivity contribution < 1.29 is 13.2 Å². The lowest BCUT2D eigenvalue weighted by Gasteiger charge is -2.28. The van der Waals surface area contributed by atoms with E-state index in [1.54, 1.807) is 6.07 Å². The van der Waals surface area contributed by atoms with Crippen LogP contribution in [0.5, 0.6) is 5.88 Å². The first kappa shape index (κ1) is 16.2. The number of aryl methyl sites for hydroxylation is 1. The van der Waals surface area contributed by atoms with Crippen molar-refractivity contribution in [3.8, 4) is 5.88 Å². The molecule has 2 aromatic rings. The molecule has 3 rings (SSSR count). The molecule has 0 aromatic carbocycles. The molecule has 7 nitrogen and oxygen atoms in total. The molecule has 3 heterocycles. The van der Waals surface area contributed by atoms with Crippen LogP contribution in [0.3, 0.4) is 0 Å². The number of aromatic nitrogens is 2. The van der Waals surface area contributed by atoms with E-state index in [1.165, 1.54) is 11.3 Å². The Kier molecular flexibility index (Phi) is 4.26.